The van der Waals surface area contributed by atoms with Gasteiger partial charge in [0.05, 0.1) is 6.04 Å². The predicted molar refractivity (Wildman–Crippen MR) is 92.1 cm³/mol. The van der Waals surface area contributed by atoms with Gasteiger partial charge in [-0.25, -0.2) is 0 Å². The molecule has 0 spiro atoms. The summed E-state index contributed by atoms with van der Waals surface area (Å²) >= 11 is 0. The molecule has 2 aromatic carbocycles. The molecule has 1 aliphatic heterocycles. The number of carbonyl (C=O) groups excluding carboxylic acids is 1. The summed E-state index contributed by atoms with van der Waals surface area (Å²) in [5.41, 5.74) is 5.38. The van der Waals surface area contributed by atoms with E-state index in [-0.39, 0.29) is 11.9 Å². The number of hydrogen-bond acceptors (Lipinski definition) is 2. The van der Waals surface area contributed by atoms with Gasteiger partial charge in [0.15, 0.2) is 0 Å². The zero-order valence-electron chi connectivity index (χ0n) is 13.5. The fourth-order valence-electron chi connectivity index (χ4n) is 3.92. The molecule has 0 aromatic heterocycles. The van der Waals surface area contributed by atoms with E-state index in [1.807, 2.05) is 11.8 Å². The number of amides is 1. The van der Waals surface area contributed by atoms with Crippen molar-refractivity contribution in [2.24, 2.45) is 0 Å². The van der Waals surface area contributed by atoms with E-state index in [2.05, 4.69) is 53.8 Å². The lowest BCUT2D eigenvalue weighted by Crippen LogP contribution is -2.36. The molecule has 1 N–H and O–H groups in total. The van der Waals surface area contributed by atoms with Crippen LogP contribution in [0.15, 0.2) is 48.5 Å². The highest BCUT2D eigenvalue weighted by Gasteiger charge is 2.32. The van der Waals surface area contributed by atoms with Crippen molar-refractivity contribution in [3.63, 3.8) is 0 Å². The van der Waals surface area contributed by atoms with E-state index in [4.69, 9.17) is 0 Å². The van der Waals surface area contributed by atoms with Crippen molar-refractivity contribution in [3.8, 4) is 11.1 Å². The van der Waals surface area contributed by atoms with E-state index in [9.17, 15) is 4.79 Å². The quantitative estimate of drug-likeness (QED) is 0.943. The van der Waals surface area contributed by atoms with Gasteiger partial charge in [0.25, 0.3) is 0 Å². The Kier molecular flexibility index (Phi) is 3.66. The normalized spacial score (nSPS) is 19.7. The number of carbonyl (C=O) groups is 1. The molecule has 1 heterocycles. The number of fused-ring (bicyclic) bond motifs is 3. The number of rotatable bonds is 3. The third-order valence-corrected chi connectivity index (χ3v) is 5.08. The van der Waals surface area contributed by atoms with Crippen molar-refractivity contribution in [2.45, 2.75) is 31.8 Å². The van der Waals surface area contributed by atoms with Crippen molar-refractivity contribution < 1.29 is 4.79 Å². The van der Waals surface area contributed by atoms with Crippen molar-refractivity contribution >= 4 is 5.91 Å². The van der Waals surface area contributed by atoms with Crippen LogP contribution in [-0.4, -0.2) is 29.9 Å². The number of nitrogens with one attached hydrogen (secondary N) is 1. The lowest BCUT2D eigenvalue weighted by Gasteiger charge is -2.22. The molecule has 0 bridgehead atoms. The van der Waals surface area contributed by atoms with E-state index in [0.29, 0.717) is 12.5 Å². The summed E-state index contributed by atoms with van der Waals surface area (Å²) in [6.45, 7) is 3.64. The number of nitrogens with zero attached hydrogens (tertiary/aromatic N) is 1. The zero-order valence-corrected chi connectivity index (χ0v) is 13.5. The first-order valence-corrected chi connectivity index (χ1v) is 8.50. The third-order valence-electron chi connectivity index (χ3n) is 5.08. The van der Waals surface area contributed by atoms with E-state index in [0.717, 1.165) is 19.5 Å². The second kappa shape index (κ2) is 5.82. The summed E-state index contributed by atoms with van der Waals surface area (Å²) in [5.74, 6) is 0.265. The van der Waals surface area contributed by atoms with Crippen molar-refractivity contribution in [1.82, 2.24) is 10.2 Å². The van der Waals surface area contributed by atoms with Gasteiger partial charge in [-0.2, -0.15) is 0 Å². The van der Waals surface area contributed by atoms with Gasteiger partial charge in [0, 0.05) is 25.6 Å². The van der Waals surface area contributed by atoms with Crippen LogP contribution in [0.2, 0.25) is 0 Å². The molecule has 1 amide bonds. The molecule has 1 fully saturated rings. The summed E-state index contributed by atoms with van der Waals surface area (Å²) in [7, 11) is 0. The Bertz CT molecular complexity index is 694. The summed E-state index contributed by atoms with van der Waals surface area (Å²) in [4.78, 5) is 13.9. The SMILES string of the molecule is CCC(=O)N1CCC(NC2c3ccccc3-c3ccccc32)C1. The standard InChI is InChI=1S/C20H22N2O/c1-2-19(23)22-12-11-14(13-22)21-20-17-9-5-3-7-15(17)16-8-4-6-10-18(16)20/h3-10,14,20-21H,2,11-13H2,1H3. The first kappa shape index (κ1) is 14.5. The first-order valence-electron chi connectivity index (χ1n) is 8.50. The molecule has 23 heavy (non-hydrogen) atoms. The lowest BCUT2D eigenvalue weighted by atomic mass is 10.0. The average molecular weight is 306 g/mol. The highest BCUT2D eigenvalue weighted by molar-refractivity contribution is 5.78. The maximum Gasteiger partial charge on any atom is 0.222 e. The highest BCUT2D eigenvalue weighted by Crippen LogP contribution is 2.43. The topological polar surface area (TPSA) is 32.3 Å². The third kappa shape index (κ3) is 2.45. The Hall–Kier alpha value is -2.13. The van der Waals surface area contributed by atoms with E-state index in [1.54, 1.807) is 0 Å². The van der Waals surface area contributed by atoms with E-state index in [1.165, 1.54) is 22.3 Å². The predicted octanol–water partition coefficient (Wildman–Crippen LogP) is 3.36. The Morgan fingerprint density at radius 2 is 1.70 bits per heavy atom. The molecule has 0 radical (unpaired) electrons. The molecule has 118 valence electrons. The van der Waals surface area contributed by atoms with Crippen LogP contribution in [0.1, 0.15) is 36.9 Å². The van der Waals surface area contributed by atoms with Crippen LogP contribution in [0, 0.1) is 0 Å². The molecular weight excluding hydrogens is 284 g/mol. The molecule has 1 atom stereocenters. The van der Waals surface area contributed by atoms with Gasteiger partial charge in [-0.05, 0) is 28.7 Å². The van der Waals surface area contributed by atoms with E-state index < -0.39 is 0 Å². The van der Waals surface area contributed by atoms with Crippen LogP contribution < -0.4 is 5.32 Å². The summed E-state index contributed by atoms with van der Waals surface area (Å²) in [6.07, 6.45) is 1.63. The molecule has 1 aliphatic carbocycles. The molecule has 4 rings (SSSR count). The minimum absolute atomic E-state index is 0.240. The van der Waals surface area contributed by atoms with Crippen LogP contribution >= 0.6 is 0 Å². The number of likely N-dealkylation sites (tertiary alicyclic amines) is 1. The summed E-state index contributed by atoms with van der Waals surface area (Å²) in [5, 5.41) is 3.81. The summed E-state index contributed by atoms with van der Waals surface area (Å²) < 4.78 is 0. The molecule has 3 nitrogen and oxygen atoms in total. The molecule has 3 heteroatoms. The second-order valence-electron chi connectivity index (χ2n) is 6.45. The smallest absolute Gasteiger partial charge is 0.222 e. The van der Waals surface area contributed by atoms with Gasteiger partial charge in [0.2, 0.25) is 5.91 Å². The number of benzene rings is 2. The Balaban J connectivity index is 1.59. The van der Waals surface area contributed by atoms with Crippen molar-refractivity contribution in [3.05, 3.63) is 59.7 Å². The largest absolute Gasteiger partial charge is 0.341 e. The van der Waals surface area contributed by atoms with Gasteiger partial charge in [0.1, 0.15) is 0 Å². The Morgan fingerprint density at radius 1 is 1.09 bits per heavy atom. The monoisotopic (exact) mass is 306 g/mol. The number of hydrogen-bond donors (Lipinski definition) is 1. The van der Waals surface area contributed by atoms with Gasteiger partial charge < -0.3 is 10.2 Å². The van der Waals surface area contributed by atoms with Crippen molar-refractivity contribution in [2.75, 3.05) is 13.1 Å². The zero-order chi connectivity index (χ0) is 15.8. The maximum atomic E-state index is 11.9. The van der Waals surface area contributed by atoms with Crippen LogP contribution in [0.5, 0.6) is 0 Å². The lowest BCUT2D eigenvalue weighted by molar-refractivity contribution is -0.129. The Labute approximate surface area is 137 Å². The summed E-state index contributed by atoms with van der Waals surface area (Å²) in [6, 6.07) is 17.9. The molecule has 1 saturated heterocycles. The maximum absolute atomic E-state index is 11.9. The average Bonchev–Trinajstić information content (AvgIpc) is 3.19. The fourth-order valence-corrected chi connectivity index (χ4v) is 3.92. The fraction of sp³-hybridized carbons (Fsp3) is 0.350. The molecule has 1 unspecified atom stereocenters. The molecule has 2 aromatic rings. The minimum Gasteiger partial charge on any atom is -0.341 e. The minimum atomic E-state index is 0.240. The van der Waals surface area contributed by atoms with E-state index >= 15 is 0 Å². The molecule has 0 saturated carbocycles. The van der Waals surface area contributed by atoms with Gasteiger partial charge in [-0.15, -0.1) is 0 Å². The van der Waals surface area contributed by atoms with Crippen LogP contribution in [-0.2, 0) is 4.79 Å². The molecular formula is C20H22N2O. The molecule has 2 aliphatic rings. The van der Waals surface area contributed by atoms with Gasteiger partial charge >= 0.3 is 0 Å². The van der Waals surface area contributed by atoms with Crippen LogP contribution in [0.25, 0.3) is 11.1 Å². The van der Waals surface area contributed by atoms with Gasteiger partial charge in [-0.1, -0.05) is 55.5 Å². The van der Waals surface area contributed by atoms with Gasteiger partial charge in [-0.3, -0.25) is 4.79 Å². The Morgan fingerprint density at radius 3 is 2.30 bits per heavy atom. The first-order chi connectivity index (χ1) is 11.3. The van der Waals surface area contributed by atoms with Crippen LogP contribution in [0.4, 0.5) is 0 Å². The highest BCUT2D eigenvalue weighted by atomic mass is 16.2. The van der Waals surface area contributed by atoms with Crippen molar-refractivity contribution in [1.29, 1.82) is 0 Å². The second-order valence-corrected chi connectivity index (χ2v) is 6.45. The van der Waals surface area contributed by atoms with Crippen LogP contribution in [0.3, 0.4) is 0 Å².